The molecule has 32 heavy (non-hydrogen) atoms. The molecule has 1 atom stereocenters. The molecule has 4 amide bonds. The number of anilines is 1. The van der Waals surface area contributed by atoms with Crippen molar-refractivity contribution in [1.29, 1.82) is 0 Å². The molecular formula is C24H29N3O5. The van der Waals surface area contributed by atoms with Gasteiger partial charge in [-0.05, 0) is 62.1 Å². The molecule has 3 N–H and O–H groups in total. The van der Waals surface area contributed by atoms with E-state index in [1.807, 2.05) is 32.9 Å². The van der Waals surface area contributed by atoms with Gasteiger partial charge in [-0.1, -0.05) is 37.6 Å². The summed E-state index contributed by atoms with van der Waals surface area (Å²) in [5.41, 5.74) is 3.94. The molecule has 8 nitrogen and oxygen atoms in total. The number of amides is 4. The van der Waals surface area contributed by atoms with Gasteiger partial charge in [-0.15, -0.1) is 0 Å². The second-order valence-corrected chi connectivity index (χ2v) is 7.97. The van der Waals surface area contributed by atoms with E-state index in [-0.39, 0.29) is 5.92 Å². The van der Waals surface area contributed by atoms with Crippen LogP contribution in [0, 0.1) is 26.7 Å². The summed E-state index contributed by atoms with van der Waals surface area (Å²) in [6.07, 6.45) is 0. The van der Waals surface area contributed by atoms with E-state index in [0.717, 1.165) is 16.7 Å². The monoisotopic (exact) mass is 439 g/mol. The summed E-state index contributed by atoms with van der Waals surface area (Å²) >= 11 is 0. The summed E-state index contributed by atoms with van der Waals surface area (Å²) in [7, 11) is 0. The molecule has 0 saturated heterocycles. The number of benzene rings is 2. The van der Waals surface area contributed by atoms with Crippen LogP contribution in [0.4, 0.5) is 10.5 Å². The molecule has 0 aliphatic heterocycles. The first-order chi connectivity index (χ1) is 15.1. The highest BCUT2D eigenvalue weighted by Gasteiger charge is 2.27. The summed E-state index contributed by atoms with van der Waals surface area (Å²) in [6, 6.07) is 10.6. The highest BCUT2D eigenvalue weighted by atomic mass is 16.5. The van der Waals surface area contributed by atoms with Gasteiger partial charge in [-0.3, -0.25) is 14.9 Å². The number of aryl methyl sites for hydroxylation is 3. The molecule has 0 fully saturated rings. The molecule has 2 rings (SSSR count). The zero-order valence-electron chi connectivity index (χ0n) is 18.9. The quantitative estimate of drug-likeness (QED) is 0.573. The third kappa shape index (κ3) is 7.23. The molecule has 170 valence electrons. The average Bonchev–Trinajstić information content (AvgIpc) is 2.72. The first kappa shape index (κ1) is 24.6. The van der Waals surface area contributed by atoms with Gasteiger partial charge in [0.1, 0.15) is 6.04 Å². The lowest BCUT2D eigenvalue weighted by Gasteiger charge is -2.21. The molecule has 0 aromatic heterocycles. The van der Waals surface area contributed by atoms with Crippen LogP contribution in [0.3, 0.4) is 0 Å². The Morgan fingerprint density at radius 1 is 0.938 bits per heavy atom. The van der Waals surface area contributed by atoms with Gasteiger partial charge in [-0.25, -0.2) is 9.59 Å². The van der Waals surface area contributed by atoms with Crippen molar-refractivity contribution in [2.24, 2.45) is 5.92 Å². The standard InChI is InChI=1S/C24H29N3O5/c1-14(2)21(27-22(29)18-8-6-7-15(3)11-18)23(30)32-13-20(28)26-24(31)25-19-10-9-16(4)17(5)12-19/h6-12,14,21H,13H2,1-5H3,(H,27,29)(H2,25,26,28,31)/t21-/m0/s1. The van der Waals surface area contributed by atoms with Crippen molar-refractivity contribution in [1.82, 2.24) is 10.6 Å². The number of ether oxygens (including phenoxy) is 1. The predicted molar refractivity (Wildman–Crippen MR) is 121 cm³/mol. The molecule has 8 heteroatoms. The van der Waals surface area contributed by atoms with Crippen molar-refractivity contribution in [2.45, 2.75) is 40.7 Å². The van der Waals surface area contributed by atoms with Crippen LogP contribution in [0.1, 0.15) is 40.9 Å². The average molecular weight is 440 g/mol. The number of esters is 1. The lowest BCUT2D eigenvalue weighted by Crippen LogP contribution is -2.46. The van der Waals surface area contributed by atoms with Crippen LogP contribution in [0.5, 0.6) is 0 Å². The van der Waals surface area contributed by atoms with Crippen molar-refractivity contribution in [3.63, 3.8) is 0 Å². The maximum Gasteiger partial charge on any atom is 0.329 e. The SMILES string of the molecule is Cc1cccc(C(=O)N[C@H](C(=O)OCC(=O)NC(=O)Nc2ccc(C)c(C)c2)C(C)C)c1. The Kier molecular flexibility index (Phi) is 8.52. The zero-order chi connectivity index (χ0) is 23.8. The second-order valence-electron chi connectivity index (χ2n) is 7.97. The Bertz CT molecular complexity index is 1020. The summed E-state index contributed by atoms with van der Waals surface area (Å²) in [5.74, 6) is -2.23. The van der Waals surface area contributed by atoms with Crippen LogP contribution in [0.2, 0.25) is 0 Å². The van der Waals surface area contributed by atoms with E-state index in [9.17, 15) is 19.2 Å². The van der Waals surface area contributed by atoms with E-state index in [1.54, 1.807) is 44.2 Å². The molecule has 0 heterocycles. The Labute approximate surface area is 187 Å². The van der Waals surface area contributed by atoms with Gasteiger partial charge in [0.05, 0.1) is 0 Å². The minimum absolute atomic E-state index is 0.271. The fourth-order valence-electron chi connectivity index (χ4n) is 2.88. The van der Waals surface area contributed by atoms with Crippen LogP contribution < -0.4 is 16.0 Å². The number of nitrogens with one attached hydrogen (secondary N) is 3. The molecule has 0 aliphatic carbocycles. The van der Waals surface area contributed by atoms with Crippen LogP contribution in [0.25, 0.3) is 0 Å². The number of carbonyl (C=O) groups excluding carboxylic acids is 4. The predicted octanol–water partition coefficient (Wildman–Crippen LogP) is 3.26. The van der Waals surface area contributed by atoms with Crippen molar-refractivity contribution in [2.75, 3.05) is 11.9 Å². The Morgan fingerprint density at radius 3 is 2.28 bits per heavy atom. The first-order valence-electron chi connectivity index (χ1n) is 10.3. The van der Waals surface area contributed by atoms with E-state index < -0.39 is 36.5 Å². The Balaban J connectivity index is 1.87. The Morgan fingerprint density at radius 2 is 1.66 bits per heavy atom. The van der Waals surface area contributed by atoms with Gasteiger partial charge in [0.2, 0.25) is 0 Å². The summed E-state index contributed by atoms with van der Waals surface area (Å²) in [5, 5.41) is 7.30. The lowest BCUT2D eigenvalue weighted by molar-refractivity contribution is -0.151. The van der Waals surface area contributed by atoms with Gasteiger partial charge < -0.3 is 15.4 Å². The van der Waals surface area contributed by atoms with Crippen molar-refractivity contribution in [3.05, 3.63) is 64.7 Å². The minimum Gasteiger partial charge on any atom is -0.454 e. The summed E-state index contributed by atoms with van der Waals surface area (Å²) in [4.78, 5) is 48.9. The van der Waals surface area contributed by atoms with Gasteiger partial charge in [0.15, 0.2) is 6.61 Å². The number of urea groups is 1. The zero-order valence-corrected chi connectivity index (χ0v) is 18.9. The summed E-state index contributed by atoms with van der Waals surface area (Å²) in [6.45, 7) is 8.57. The highest BCUT2D eigenvalue weighted by molar-refractivity contribution is 6.02. The van der Waals surface area contributed by atoms with E-state index in [0.29, 0.717) is 11.3 Å². The molecule has 0 saturated carbocycles. The van der Waals surface area contributed by atoms with Gasteiger partial charge in [0.25, 0.3) is 11.8 Å². The summed E-state index contributed by atoms with van der Waals surface area (Å²) < 4.78 is 5.03. The van der Waals surface area contributed by atoms with E-state index in [1.165, 1.54) is 0 Å². The van der Waals surface area contributed by atoms with Crippen molar-refractivity contribution < 1.29 is 23.9 Å². The third-order valence-corrected chi connectivity index (χ3v) is 4.85. The molecule has 0 bridgehead atoms. The third-order valence-electron chi connectivity index (χ3n) is 4.85. The highest BCUT2D eigenvalue weighted by Crippen LogP contribution is 2.14. The van der Waals surface area contributed by atoms with Gasteiger partial charge in [-0.2, -0.15) is 0 Å². The minimum atomic E-state index is -0.944. The maximum atomic E-state index is 12.5. The fraction of sp³-hybridized carbons (Fsp3) is 0.333. The molecule has 0 spiro atoms. The van der Waals surface area contributed by atoms with Crippen molar-refractivity contribution >= 4 is 29.5 Å². The molecule has 0 unspecified atom stereocenters. The number of hydrogen-bond acceptors (Lipinski definition) is 5. The largest absolute Gasteiger partial charge is 0.454 e. The number of imide groups is 1. The van der Waals surface area contributed by atoms with Crippen molar-refractivity contribution in [3.8, 4) is 0 Å². The Hall–Kier alpha value is -3.68. The van der Waals surface area contributed by atoms with Gasteiger partial charge in [0, 0.05) is 11.3 Å². The van der Waals surface area contributed by atoms with Crippen LogP contribution in [-0.4, -0.2) is 36.5 Å². The van der Waals surface area contributed by atoms with E-state index >= 15 is 0 Å². The van der Waals surface area contributed by atoms with Crippen LogP contribution in [-0.2, 0) is 14.3 Å². The molecule has 0 radical (unpaired) electrons. The van der Waals surface area contributed by atoms with E-state index in [2.05, 4.69) is 16.0 Å². The lowest BCUT2D eigenvalue weighted by atomic mass is 10.0. The second kappa shape index (κ2) is 11.1. The number of carbonyl (C=O) groups is 4. The molecule has 0 aliphatic rings. The van der Waals surface area contributed by atoms with E-state index in [4.69, 9.17) is 4.74 Å². The number of rotatable bonds is 7. The first-order valence-corrected chi connectivity index (χ1v) is 10.3. The van der Waals surface area contributed by atoms with Gasteiger partial charge >= 0.3 is 12.0 Å². The number of hydrogen-bond donors (Lipinski definition) is 3. The van der Waals surface area contributed by atoms with Crippen LogP contribution >= 0.6 is 0 Å². The molecule has 2 aromatic carbocycles. The van der Waals surface area contributed by atoms with Crippen LogP contribution in [0.15, 0.2) is 42.5 Å². The topological polar surface area (TPSA) is 114 Å². The molecule has 2 aromatic rings. The fourth-order valence-corrected chi connectivity index (χ4v) is 2.88. The smallest absolute Gasteiger partial charge is 0.329 e. The molecular weight excluding hydrogens is 410 g/mol. The normalized spacial score (nSPS) is 11.4. The maximum absolute atomic E-state index is 12.5.